The van der Waals surface area contributed by atoms with E-state index in [1.165, 1.54) is 10.9 Å². The topological polar surface area (TPSA) is 132 Å². The third kappa shape index (κ3) is 4.82. The molecule has 0 aliphatic rings. The Bertz CT molecular complexity index is 890. The maximum absolute atomic E-state index is 13.0. The molecule has 0 saturated heterocycles. The van der Waals surface area contributed by atoms with Crippen LogP contribution in [0.15, 0.2) is 17.2 Å². The molecule has 27 heavy (non-hydrogen) atoms. The quantitative estimate of drug-likeness (QED) is 0.589. The summed E-state index contributed by atoms with van der Waals surface area (Å²) in [5, 5.41) is 3.01. The van der Waals surface area contributed by atoms with E-state index in [1.807, 2.05) is 14.1 Å². The first-order valence-corrected chi connectivity index (χ1v) is 8.75. The van der Waals surface area contributed by atoms with Gasteiger partial charge in [-0.25, -0.2) is 9.97 Å². The van der Waals surface area contributed by atoms with Gasteiger partial charge in [0.15, 0.2) is 0 Å². The first-order valence-electron chi connectivity index (χ1n) is 8.75. The van der Waals surface area contributed by atoms with E-state index in [1.54, 1.807) is 19.9 Å². The van der Waals surface area contributed by atoms with Gasteiger partial charge in [0.1, 0.15) is 29.3 Å². The Morgan fingerprint density at radius 3 is 2.59 bits per heavy atom. The Hall–Kier alpha value is -2.94. The van der Waals surface area contributed by atoms with Crippen molar-refractivity contribution in [2.75, 3.05) is 31.7 Å². The van der Waals surface area contributed by atoms with Crippen molar-refractivity contribution in [3.63, 3.8) is 0 Å². The lowest BCUT2D eigenvalue weighted by Gasteiger charge is -2.17. The molecule has 0 fully saturated rings. The lowest BCUT2D eigenvalue weighted by atomic mass is 10.1. The van der Waals surface area contributed by atoms with Crippen molar-refractivity contribution in [2.45, 2.75) is 33.2 Å². The second kappa shape index (κ2) is 8.63. The fourth-order valence-electron chi connectivity index (χ4n) is 2.85. The van der Waals surface area contributed by atoms with E-state index in [9.17, 15) is 9.59 Å². The fourth-order valence-corrected chi connectivity index (χ4v) is 2.85. The Kier molecular flexibility index (Phi) is 6.51. The smallest absolute Gasteiger partial charge is 0.274 e. The first-order chi connectivity index (χ1) is 12.7. The minimum Gasteiger partial charge on any atom is -0.383 e. The van der Waals surface area contributed by atoms with Gasteiger partial charge < -0.3 is 26.3 Å². The van der Waals surface area contributed by atoms with E-state index in [-0.39, 0.29) is 11.3 Å². The van der Waals surface area contributed by atoms with Crippen molar-refractivity contribution in [3.8, 4) is 0 Å². The fraction of sp³-hybridized carbons (Fsp3) is 0.444. The number of carbonyl (C=O) groups is 1. The van der Waals surface area contributed by atoms with Crippen LogP contribution in [-0.4, -0.2) is 46.0 Å². The van der Waals surface area contributed by atoms with Gasteiger partial charge in [0.25, 0.3) is 11.5 Å². The summed E-state index contributed by atoms with van der Waals surface area (Å²) in [6, 6.07) is 1.61. The average molecular weight is 373 g/mol. The van der Waals surface area contributed by atoms with Crippen LogP contribution < -0.4 is 22.3 Å². The second-order valence-corrected chi connectivity index (χ2v) is 6.78. The van der Waals surface area contributed by atoms with Crippen LogP contribution in [0.3, 0.4) is 0 Å². The van der Waals surface area contributed by atoms with Gasteiger partial charge in [0, 0.05) is 12.1 Å². The lowest BCUT2D eigenvalue weighted by Crippen LogP contribution is -2.32. The molecule has 2 rings (SSSR count). The molecule has 146 valence electrons. The van der Waals surface area contributed by atoms with Gasteiger partial charge in [0.05, 0.1) is 0 Å². The zero-order valence-electron chi connectivity index (χ0n) is 16.2. The Morgan fingerprint density at radius 2 is 1.96 bits per heavy atom. The number of nitrogens with two attached hydrogens (primary N) is 2. The van der Waals surface area contributed by atoms with Gasteiger partial charge in [-0.3, -0.25) is 9.59 Å². The predicted octanol–water partition coefficient (Wildman–Crippen LogP) is 1.02. The SMILES string of the molecule is Cc1cc(Nc2ncnc(N)c2C)c(=O)n(CCCCN(C)C)c1C(N)=O. The standard InChI is InChI=1S/C18H27N7O2/c1-11-9-13(23-17-12(2)15(19)21-10-22-17)18(27)25(14(11)16(20)26)8-6-5-7-24(3)4/h9-10H,5-8H2,1-4H3,(H2,20,26)(H3,19,21,22,23). The molecule has 0 spiro atoms. The number of nitrogens with one attached hydrogen (secondary N) is 1. The molecule has 0 saturated carbocycles. The van der Waals surface area contributed by atoms with Crippen molar-refractivity contribution >= 4 is 23.2 Å². The summed E-state index contributed by atoms with van der Waals surface area (Å²) in [4.78, 5) is 35.0. The number of rotatable bonds is 8. The number of pyridine rings is 1. The van der Waals surface area contributed by atoms with Crippen molar-refractivity contribution in [2.24, 2.45) is 5.73 Å². The van der Waals surface area contributed by atoms with Gasteiger partial charge >= 0.3 is 0 Å². The van der Waals surface area contributed by atoms with Crippen LogP contribution in [-0.2, 0) is 6.54 Å². The summed E-state index contributed by atoms with van der Waals surface area (Å²) >= 11 is 0. The molecule has 5 N–H and O–H groups in total. The molecule has 0 bridgehead atoms. The van der Waals surface area contributed by atoms with Crippen molar-refractivity contribution in [3.05, 3.63) is 39.6 Å². The van der Waals surface area contributed by atoms with Crippen LogP contribution in [0.4, 0.5) is 17.3 Å². The van der Waals surface area contributed by atoms with Crippen molar-refractivity contribution in [1.29, 1.82) is 0 Å². The molecular formula is C18H27N7O2. The number of nitrogens with zero attached hydrogens (tertiary/aromatic N) is 4. The number of amides is 1. The van der Waals surface area contributed by atoms with Crippen LogP contribution in [0.25, 0.3) is 0 Å². The maximum atomic E-state index is 13.0. The van der Waals surface area contributed by atoms with Crippen LogP contribution in [0, 0.1) is 13.8 Å². The number of anilines is 3. The molecular weight excluding hydrogens is 346 g/mol. The largest absolute Gasteiger partial charge is 0.383 e. The molecule has 1 amide bonds. The van der Waals surface area contributed by atoms with Gasteiger partial charge in [0.2, 0.25) is 0 Å². The molecule has 0 unspecified atom stereocenters. The highest BCUT2D eigenvalue weighted by Crippen LogP contribution is 2.20. The predicted molar refractivity (Wildman–Crippen MR) is 106 cm³/mol. The van der Waals surface area contributed by atoms with Gasteiger partial charge in [-0.1, -0.05) is 0 Å². The minimum atomic E-state index is -0.619. The van der Waals surface area contributed by atoms with Crippen LogP contribution in [0.2, 0.25) is 0 Å². The van der Waals surface area contributed by atoms with E-state index in [0.29, 0.717) is 35.0 Å². The monoisotopic (exact) mass is 373 g/mol. The summed E-state index contributed by atoms with van der Waals surface area (Å²) in [7, 11) is 3.98. The molecule has 0 aliphatic heterocycles. The van der Waals surface area contributed by atoms with E-state index in [4.69, 9.17) is 11.5 Å². The highest BCUT2D eigenvalue weighted by molar-refractivity contribution is 5.93. The van der Waals surface area contributed by atoms with Crippen LogP contribution in [0.1, 0.15) is 34.5 Å². The summed E-state index contributed by atoms with van der Waals surface area (Å²) in [5.74, 6) is 0.165. The number of carbonyl (C=O) groups excluding carboxylic acids is 1. The molecule has 0 atom stereocenters. The number of nitrogen functional groups attached to an aromatic ring is 1. The first kappa shape index (κ1) is 20.4. The molecule has 2 aromatic rings. The van der Waals surface area contributed by atoms with Gasteiger partial charge in [-0.2, -0.15) is 0 Å². The third-order valence-corrected chi connectivity index (χ3v) is 4.33. The molecule has 0 aliphatic carbocycles. The Balaban J connectivity index is 2.40. The van der Waals surface area contributed by atoms with E-state index in [2.05, 4.69) is 20.2 Å². The van der Waals surface area contributed by atoms with E-state index < -0.39 is 5.91 Å². The average Bonchev–Trinajstić information content (AvgIpc) is 2.58. The number of hydrogen-bond donors (Lipinski definition) is 3. The van der Waals surface area contributed by atoms with Crippen LogP contribution >= 0.6 is 0 Å². The maximum Gasteiger partial charge on any atom is 0.274 e. The Morgan fingerprint density at radius 1 is 1.26 bits per heavy atom. The zero-order chi connectivity index (χ0) is 20.1. The number of unbranched alkanes of at least 4 members (excludes halogenated alkanes) is 1. The highest BCUT2D eigenvalue weighted by atomic mass is 16.2. The van der Waals surface area contributed by atoms with E-state index >= 15 is 0 Å². The second-order valence-electron chi connectivity index (χ2n) is 6.78. The van der Waals surface area contributed by atoms with Gasteiger partial charge in [-0.15, -0.1) is 0 Å². The lowest BCUT2D eigenvalue weighted by molar-refractivity contribution is 0.0989. The van der Waals surface area contributed by atoms with Crippen molar-refractivity contribution in [1.82, 2.24) is 19.4 Å². The molecule has 0 radical (unpaired) electrons. The number of hydrogen-bond acceptors (Lipinski definition) is 7. The molecule has 9 nitrogen and oxygen atoms in total. The summed E-state index contributed by atoms with van der Waals surface area (Å²) in [6.45, 7) is 4.83. The third-order valence-electron chi connectivity index (χ3n) is 4.33. The van der Waals surface area contributed by atoms with Crippen molar-refractivity contribution < 1.29 is 4.79 Å². The number of aryl methyl sites for hydroxylation is 1. The minimum absolute atomic E-state index is 0.231. The van der Waals surface area contributed by atoms with E-state index in [0.717, 1.165) is 19.4 Å². The normalized spacial score (nSPS) is 11.0. The summed E-state index contributed by atoms with van der Waals surface area (Å²) in [6.07, 6.45) is 2.98. The van der Waals surface area contributed by atoms with Gasteiger partial charge in [-0.05, 0) is 59.0 Å². The molecule has 2 heterocycles. The molecule has 0 aromatic carbocycles. The molecule has 9 heteroatoms. The number of aromatic nitrogens is 3. The highest BCUT2D eigenvalue weighted by Gasteiger charge is 2.17. The zero-order valence-corrected chi connectivity index (χ0v) is 16.2. The Labute approximate surface area is 158 Å². The van der Waals surface area contributed by atoms with Crippen LogP contribution in [0.5, 0.6) is 0 Å². The summed E-state index contributed by atoms with van der Waals surface area (Å²) in [5.41, 5.74) is 12.8. The molecule has 2 aromatic heterocycles. The summed E-state index contributed by atoms with van der Waals surface area (Å²) < 4.78 is 1.44. The number of primary amides is 1.